The zero-order valence-corrected chi connectivity index (χ0v) is 17.1. The maximum Gasteiger partial charge on any atom is 0.257 e. The molecule has 1 amide bonds. The number of piperazine rings is 1. The van der Waals surface area contributed by atoms with Gasteiger partial charge in [0, 0.05) is 49.8 Å². The first kappa shape index (κ1) is 19.3. The Hall–Kier alpha value is -3.66. The lowest BCUT2D eigenvalue weighted by Crippen LogP contribution is -2.54. The van der Waals surface area contributed by atoms with Crippen molar-refractivity contribution in [3.8, 4) is 0 Å². The van der Waals surface area contributed by atoms with Gasteiger partial charge in [0.2, 0.25) is 0 Å². The van der Waals surface area contributed by atoms with Gasteiger partial charge in [-0.1, -0.05) is 0 Å². The average molecular weight is 420 g/mol. The molecule has 0 radical (unpaired) electrons. The van der Waals surface area contributed by atoms with E-state index in [9.17, 15) is 9.18 Å². The highest BCUT2D eigenvalue weighted by Gasteiger charge is 2.24. The minimum Gasteiger partial charge on any atom is -0.367 e. The molecule has 158 valence electrons. The summed E-state index contributed by atoms with van der Waals surface area (Å²) in [5.74, 6) is -0.969. The van der Waals surface area contributed by atoms with Gasteiger partial charge in [-0.25, -0.2) is 4.39 Å². The molecule has 2 atom stereocenters. The molecule has 1 aromatic carbocycles. The monoisotopic (exact) mass is 420 g/mol. The molecule has 4 aromatic rings. The predicted molar refractivity (Wildman–Crippen MR) is 115 cm³/mol. The molecular formula is C21H21FN8O. The zero-order valence-electron chi connectivity index (χ0n) is 17.1. The molecule has 5 rings (SSSR count). The Morgan fingerprint density at radius 1 is 1.16 bits per heavy atom. The molecule has 4 heterocycles. The second kappa shape index (κ2) is 7.55. The fraction of sp³-hybridized carbons (Fsp3) is 0.286. The van der Waals surface area contributed by atoms with Crippen LogP contribution in [0.2, 0.25) is 0 Å². The normalized spacial score (nSPS) is 19.1. The quantitative estimate of drug-likeness (QED) is 0.524. The summed E-state index contributed by atoms with van der Waals surface area (Å²) in [5.41, 5.74) is 2.86. The molecule has 1 fully saturated rings. The number of carbonyl (C=O) groups excluding carboxylic acids is 1. The van der Waals surface area contributed by atoms with Crippen LogP contribution >= 0.6 is 0 Å². The minimum atomic E-state index is -0.572. The van der Waals surface area contributed by atoms with Crippen molar-refractivity contribution >= 4 is 34.0 Å². The number of amides is 1. The van der Waals surface area contributed by atoms with Crippen molar-refractivity contribution in [2.45, 2.75) is 25.9 Å². The molecule has 1 saturated heterocycles. The maximum atomic E-state index is 14.2. The first-order chi connectivity index (χ1) is 15.0. The number of aromatic nitrogens is 5. The number of fused-ring (bicyclic) bond motifs is 2. The van der Waals surface area contributed by atoms with Crippen molar-refractivity contribution in [2.24, 2.45) is 0 Å². The number of anilines is 2. The number of halogens is 1. The smallest absolute Gasteiger partial charge is 0.257 e. The molecule has 0 bridgehead atoms. The fourth-order valence-electron chi connectivity index (χ4n) is 4.17. The van der Waals surface area contributed by atoms with Crippen LogP contribution in [-0.2, 0) is 0 Å². The molecule has 9 nitrogen and oxygen atoms in total. The van der Waals surface area contributed by atoms with Crippen molar-refractivity contribution in [1.29, 1.82) is 0 Å². The molecule has 1 aliphatic rings. The third-order valence-electron chi connectivity index (χ3n) is 5.35. The van der Waals surface area contributed by atoms with Gasteiger partial charge in [0.05, 0.1) is 16.9 Å². The number of carbonyl (C=O) groups is 1. The molecule has 0 saturated carbocycles. The number of pyridine rings is 1. The Labute approximate surface area is 177 Å². The third-order valence-corrected chi connectivity index (χ3v) is 5.35. The van der Waals surface area contributed by atoms with Crippen molar-refractivity contribution in [3.63, 3.8) is 0 Å². The van der Waals surface area contributed by atoms with Gasteiger partial charge >= 0.3 is 0 Å². The lowest BCUT2D eigenvalue weighted by Gasteiger charge is -2.38. The summed E-state index contributed by atoms with van der Waals surface area (Å²) in [5, 5.41) is 13.6. The Balaban J connectivity index is 1.50. The Kier molecular flexibility index (Phi) is 4.70. The van der Waals surface area contributed by atoms with E-state index in [2.05, 4.69) is 49.5 Å². The number of hydrogen-bond acceptors (Lipinski definition) is 7. The molecule has 2 N–H and O–H groups in total. The van der Waals surface area contributed by atoms with Crippen LogP contribution in [0.3, 0.4) is 0 Å². The van der Waals surface area contributed by atoms with E-state index in [4.69, 9.17) is 0 Å². The maximum absolute atomic E-state index is 14.2. The zero-order chi connectivity index (χ0) is 21.5. The highest BCUT2D eigenvalue weighted by Crippen LogP contribution is 2.28. The average Bonchev–Trinajstić information content (AvgIpc) is 3.21. The first-order valence-electron chi connectivity index (χ1n) is 10.0. The van der Waals surface area contributed by atoms with Crippen LogP contribution in [0.4, 0.5) is 15.8 Å². The van der Waals surface area contributed by atoms with Crippen LogP contribution in [0.25, 0.3) is 16.7 Å². The van der Waals surface area contributed by atoms with Gasteiger partial charge in [-0.15, -0.1) is 10.2 Å². The fourth-order valence-corrected chi connectivity index (χ4v) is 4.17. The van der Waals surface area contributed by atoms with E-state index in [1.807, 2.05) is 6.07 Å². The molecule has 1 aliphatic heterocycles. The van der Waals surface area contributed by atoms with Gasteiger partial charge in [-0.2, -0.15) is 0 Å². The Bertz CT molecular complexity index is 1280. The van der Waals surface area contributed by atoms with Gasteiger partial charge in [-0.3, -0.25) is 19.2 Å². The highest BCUT2D eigenvalue weighted by molar-refractivity contribution is 6.13. The Morgan fingerprint density at radius 2 is 1.90 bits per heavy atom. The molecular weight excluding hydrogens is 399 g/mol. The Morgan fingerprint density at radius 3 is 2.68 bits per heavy atom. The number of nitrogens with zero attached hydrogens (tertiary/aromatic N) is 6. The van der Waals surface area contributed by atoms with Crippen LogP contribution in [0, 0.1) is 5.82 Å². The van der Waals surface area contributed by atoms with E-state index in [0.717, 1.165) is 18.8 Å². The van der Waals surface area contributed by atoms with Gasteiger partial charge in [0.25, 0.3) is 5.91 Å². The number of hydrogen-bond donors (Lipinski definition) is 2. The van der Waals surface area contributed by atoms with Crippen molar-refractivity contribution in [1.82, 2.24) is 29.9 Å². The van der Waals surface area contributed by atoms with Gasteiger partial charge < -0.3 is 15.5 Å². The minimum absolute atomic E-state index is 0.0955. The summed E-state index contributed by atoms with van der Waals surface area (Å²) in [6.45, 7) is 5.95. The lowest BCUT2D eigenvalue weighted by molar-refractivity contribution is 0.102. The van der Waals surface area contributed by atoms with Gasteiger partial charge in [0.1, 0.15) is 17.4 Å². The van der Waals surface area contributed by atoms with E-state index >= 15 is 0 Å². The first-order valence-corrected chi connectivity index (χ1v) is 10.0. The van der Waals surface area contributed by atoms with Crippen molar-refractivity contribution in [3.05, 3.63) is 54.5 Å². The number of nitrogens with one attached hydrogen (secondary N) is 2. The van der Waals surface area contributed by atoms with Crippen LogP contribution in [-0.4, -0.2) is 55.6 Å². The summed E-state index contributed by atoms with van der Waals surface area (Å²) in [4.78, 5) is 24.3. The van der Waals surface area contributed by atoms with E-state index in [0.29, 0.717) is 34.4 Å². The predicted octanol–water partition coefficient (Wildman–Crippen LogP) is 2.25. The molecule has 0 unspecified atom stereocenters. The van der Waals surface area contributed by atoms with Gasteiger partial charge in [0.15, 0.2) is 11.5 Å². The number of benzene rings is 1. The largest absolute Gasteiger partial charge is 0.367 e. The third kappa shape index (κ3) is 3.55. The van der Waals surface area contributed by atoms with E-state index in [1.54, 1.807) is 24.7 Å². The van der Waals surface area contributed by atoms with Crippen LogP contribution < -0.4 is 15.5 Å². The van der Waals surface area contributed by atoms with E-state index < -0.39 is 11.7 Å². The highest BCUT2D eigenvalue weighted by atomic mass is 19.1. The summed E-state index contributed by atoms with van der Waals surface area (Å²) < 4.78 is 15.6. The molecule has 0 aliphatic carbocycles. The molecule has 31 heavy (non-hydrogen) atoms. The van der Waals surface area contributed by atoms with Crippen LogP contribution in [0.5, 0.6) is 0 Å². The van der Waals surface area contributed by atoms with Crippen molar-refractivity contribution in [2.75, 3.05) is 23.3 Å². The standard InChI is InChI=1S/C21H21FN8O/c1-12-8-29(9-13(2)26-12)17-4-3-15(18-19(17)24-6-5-23-18)21(31)27-14-7-16(22)20-28-25-11-30(20)10-14/h3-7,10-13,26H,8-9H2,1-2H3,(H,27,31)/t12-,13-/m0/s1. The van der Waals surface area contributed by atoms with E-state index in [1.165, 1.54) is 16.8 Å². The second-order valence-corrected chi connectivity index (χ2v) is 7.85. The molecule has 3 aromatic heterocycles. The van der Waals surface area contributed by atoms with Crippen molar-refractivity contribution < 1.29 is 9.18 Å². The molecule has 0 spiro atoms. The summed E-state index contributed by atoms with van der Waals surface area (Å²) >= 11 is 0. The summed E-state index contributed by atoms with van der Waals surface area (Å²) in [6, 6.07) is 5.53. The second-order valence-electron chi connectivity index (χ2n) is 7.85. The topological polar surface area (TPSA) is 100 Å². The van der Waals surface area contributed by atoms with Gasteiger partial charge in [-0.05, 0) is 26.0 Å². The molecule has 10 heteroatoms. The van der Waals surface area contributed by atoms with Crippen LogP contribution in [0.1, 0.15) is 24.2 Å². The van der Waals surface area contributed by atoms with E-state index in [-0.39, 0.29) is 5.65 Å². The number of rotatable bonds is 3. The lowest BCUT2D eigenvalue weighted by atomic mass is 10.1. The summed E-state index contributed by atoms with van der Waals surface area (Å²) in [7, 11) is 0. The SMILES string of the molecule is C[C@H]1CN(c2ccc(C(=O)Nc3cc(F)c4nncn4c3)c3nccnc23)C[C@H](C)N1. The summed E-state index contributed by atoms with van der Waals surface area (Å²) in [6.07, 6.45) is 6.12. The van der Waals surface area contributed by atoms with Crippen LogP contribution in [0.15, 0.2) is 43.1 Å².